The molecule has 0 aromatic rings. The summed E-state index contributed by atoms with van der Waals surface area (Å²) < 4.78 is 36.4. The first-order valence-electron chi connectivity index (χ1n) is 1.46. The van der Waals surface area contributed by atoms with E-state index in [2.05, 4.69) is 3.53 Å². The number of carbonyl (C=O) groups is 1. The molecule has 0 amide bonds. The molecule has 0 saturated carbocycles. The monoisotopic (exact) mass is 182 g/mol. The number of carbonyl (C=O) groups excluding carboxylic acids is 1. The van der Waals surface area contributed by atoms with Gasteiger partial charge in [0.05, 0.1) is 0 Å². The summed E-state index contributed by atoms with van der Waals surface area (Å²) in [7, 11) is 0. The summed E-state index contributed by atoms with van der Waals surface area (Å²) in [5.74, 6) is -2.14. The SMILES string of the molecule is O=C([O][Ga])C(F)(F)F. The van der Waals surface area contributed by atoms with E-state index < -0.39 is 12.1 Å². The van der Waals surface area contributed by atoms with Gasteiger partial charge in [-0.2, -0.15) is 0 Å². The zero-order valence-electron chi connectivity index (χ0n) is 3.53. The van der Waals surface area contributed by atoms with Gasteiger partial charge in [0.1, 0.15) is 0 Å². The molecule has 0 unspecified atom stereocenters. The van der Waals surface area contributed by atoms with E-state index in [-0.39, 0.29) is 19.0 Å². The van der Waals surface area contributed by atoms with Crippen molar-refractivity contribution >= 4 is 24.9 Å². The molecule has 0 aliphatic heterocycles. The molecule has 0 aliphatic rings. The molecule has 0 bridgehead atoms. The van der Waals surface area contributed by atoms with E-state index in [9.17, 15) is 18.0 Å². The molecule has 0 spiro atoms. The van der Waals surface area contributed by atoms with Crippen LogP contribution in [0.5, 0.6) is 0 Å². The van der Waals surface area contributed by atoms with Crippen LogP contribution >= 0.6 is 0 Å². The molecular weight excluding hydrogens is 183 g/mol. The molecule has 0 rings (SSSR count). The van der Waals surface area contributed by atoms with Gasteiger partial charge in [-0.15, -0.1) is 0 Å². The summed E-state index contributed by atoms with van der Waals surface area (Å²) in [4.78, 5) is 9.50. The topological polar surface area (TPSA) is 26.3 Å². The Hall–Kier alpha value is -0.104. The number of halogens is 3. The fourth-order valence-corrected chi connectivity index (χ4v) is 0.347. The van der Waals surface area contributed by atoms with E-state index in [0.29, 0.717) is 0 Å². The second-order valence-corrected chi connectivity index (χ2v) is 1.40. The molecular formula is C2F3GaO2. The van der Waals surface area contributed by atoms with Crippen LogP contribution in [0.1, 0.15) is 0 Å². The quantitative estimate of drug-likeness (QED) is 0.500. The van der Waals surface area contributed by atoms with Crippen LogP contribution in [-0.4, -0.2) is 31.1 Å². The minimum absolute atomic E-state index is 0.275. The van der Waals surface area contributed by atoms with E-state index in [1.165, 1.54) is 0 Å². The molecule has 0 atom stereocenters. The summed E-state index contributed by atoms with van der Waals surface area (Å²) in [5, 5.41) is 0. The van der Waals surface area contributed by atoms with Gasteiger partial charge in [0, 0.05) is 0 Å². The summed E-state index contributed by atoms with van der Waals surface area (Å²) in [6, 6.07) is 0. The maximum atomic E-state index is 11.0. The molecule has 0 N–H and O–H groups in total. The van der Waals surface area contributed by atoms with Gasteiger partial charge in [-0.05, 0) is 0 Å². The Morgan fingerprint density at radius 1 is 1.50 bits per heavy atom. The predicted molar refractivity (Wildman–Crippen MR) is 17.9 cm³/mol. The molecule has 2 nitrogen and oxygen atoms in total. The van der Waals surface area contributed by atoms with Crippen molar-refractivity contribution in [2.45, 2.75) is 6.18 Å². The predicted octanol–water partition coefficient (Wildman–Crippen LogP) is 0.175. The van der Waals surface area contributed by atoms with Gasteiger partial charge < -0.3 is 0 Å². The van der Waals surface area contributed by atoms with Gasteiger partial charge in [-0.1, -0.05) is 0 Å². The zero-order valence-corrected chi connectivity index (χ0v) is 5.95. The van der Waals surface area contributed by atoms with Gasteiger partial charge >= 0.3 is 52.6 Å². The van der Waals surface area contributed by atoms with Gasteiger partial charge in [-0.25, -0.2) is 0 Å². The fourth-order valence-electron chi connectivity index (χ4n) is 0.0668. The van der Waals surface area contributed by atoms with E-state index >= 15 is 0 Å². The van der Waals surface area contributed by atoms with Crippen LogP contribution in [0.15, 0.2) is 0 Å². The molecule has 8 heavy (non-hydrogen) atoms. The van der Waals surface area contributed by atoms with Gasteiger partial charge in [0.15, 0.2) is 0 Å². The number of hydrogen-bond donors (Lipinski definition) is 0. The summed E-state index contributed by atoms with van der Waals surface area (Å²) in [5.41, 5.74) is 0. The Bertz CT molecular complexity index is 97.9. The third kappa shape index (κ3) is 2.27. The van der Waals surface area contributed by atoms with Crippen LogP contribution in [0, 0.1) is 0 Å². The van der Waals surface area contributed by atoms with Crippen molar-refractivity contribution in [3.8, 4) is 0 Å². The van der Waals surface area contributed by atoms with Gasteiger partial charge in [-0.3, -0.25) is 0 Å². The van der Waals surface area contributed by atoms with Crippen molar-refractivity contribution in [2.24, 2.45) is 0 Å². The first-order valence-corrected chi connectivity index (χ1v) is 2.45. The molecule has 2 radical (unpaired) electrons. The van der Waals surface area contributed by atoms with E-state index in [0.717, 1.165) is 0 Å². The van der Waals surface area contributed by atoms with Crippen molar-refractivity contribution in [2.75, 3.05) is 0 Å². The van der Waals surface area contributed by atoms with Crippen LogP contribution in [0.3, 0.4) is 0 Å². The third-order valence-corrected chi connectivity index (χ3v) is 0.788. The minimum atomic E-state index is -4.84. The summed E-state index contributed by atoms with van der Waals surface area (Å²) in [6.45, 7) is 0. The van der Waals surface area contributed by atoms with Crippen LogP contribution in [0.25, 0.3) is 0 Å². The zero-order chi connectivity index (χ0) is 6.78. The summed E-state index contributed by atoms with van der Waals surface area (Å²) >= 11 is 0.275. The first-order chi connectivity index (χ1) is 3.48. The fraction of sp³-hybridized carbons (Fsp3) is 0.500. The average molecular weight is 183 g/mol. The van der Waals surface area contributed by atoms with Crippen molar-refractivity contribution in [1.82, 2.24) is 0 Å². The van der Waals surface area contributed by atoms with Crippen molar-refractivity contribution in [3.05, 3.63) is 0 Å². The molecule has 6 heteroatoms. The molecule has 0 aliphatic carbocycles. The van der Waals surface area contributed by atoms with Crippen molar-refractivity contribution < 1.29 is 21.5 Å². The van der Waals surface area contributed by atoms with E-state index in [4.69, 9.17) is 0 Å². The first kappa shape index (κ1) is 7.90. The van der Waals surface area contributed by atoms with Crippen molar-refractivity contribution in [1.29, 1.82) is 0 Å². The second kappa shape index (κ2) is 2.45. The average Bonchev–Trinajstić information content (AvgIpc) is 1.62. The van der Waals surface area contributed by atoms with E-state index in [1.54, 1.807) is 0 Å². The van der Waals surface area contributed by atoms with E-state index in [1.807, 2.05) is 0 Å². The molecule has 0 fully saturated rings. The number of rotatable bonds is 0. The van der Waals surface area contributed by atoms with Crippen molar-refractivity contribution in [3.63, 3.8) is 0 Å². The van der Waals surface area contributed by atoms with Gasteiger partial charge in [0.2, 0.25) is 0 Å². The third-order valence-electron chi connectivity index (χ3n) is 0.338. The van der Waals surface area contributed by atoms with Crippen LogP contribution < -0.4 is 0 Å². The standard InChI is InChI=1S/C2HF3O2.Ga/c3-2(4,5)1(6)7;/h(H,6,7);/q;+1/p-1. The maximum absolute atomic E-state index is 11.0. The molecule has 0 saturated heterocycles. The summed E-state index contributed by atoms with van der Waals surface area (Å²) in [6.07, 6.45) is -4.84. The molecule has 0 aromatic carbocycles. The normalized spacial score (nSPS) is 10.9. The second-order valence-electron chi connectivity index (χ2n) is 0.903. The Balaban J connectivity index is 3.82. The molecule has 0 heterocycles. The Labute approximate surface area is 53.3 Å². The van der Waals surface area contributed by atoms with Gasteiger partial charge in [0.25, 0.3) is 0 Å². The molecule has 44 valence electrons. The molecule has 0 aromatic heterocycles. The van der Waals surface area contributed by atoms with Crippen LogP contribution in [0.2, 0.25) is 0 Å². The van der Waals surface area contributed by atoms with Crippen LogP contribution in [-0.2, 0) is 8.32 Å². The Morgan fingerprint density at radius 2 is 1.88 bits per heavy atom. The Morgan fingerprint density at radius 3 is 1.88 bits per heavy atom. The number of hydrogen-bond acceptors (Lipinski definition) is 2. The number of alkyl halides is 3. The Kier molecular flexibility index (Phi) is 2.42. The van der Waals surface area contributed by atoms with Crippen LogP contribution in [0.4, 0.5) is 13.2 Å².